The smallest absolute Gasteiger partial charge is 0.230 e. The minimum absolute atomic E-state index is 0.0617. The maximum absolute atomic E-state index is 12.0. The predicted octanol–water partition coefficient (Wildman–Crippen LogP) is 4.10. The normalized spacial score (nSPS) is 11.7. The monoisotopic (exact) mass is 329 g/mol. The molecule has 0 aromatic heterocycles. The van der Waals surface area contributed by atoms with Crippen molar-refractivity contribution in [2.75, 3.05) is 18.9 Å². The van der Waals surface area contributed by atoms with Crippen molar-refractivity contribution in [3.05, 3.63) is 60.2 Å². The molecule has 23 heavy (non-hydrogen) atoms. The first-order valence-corrected chi connectivity index (χ1v) is 8.85. The van der Waals surface area contributed by atoms with E-state index in [1.165, 1.54) is 17.3 Å². The van der Waals surface area contributed by atoms with Crippen LogP contribution in [0.3, 0.4) is 0 Å². The first-order chi connectivity index (χ1) is 11.2. The highest BCUT2D eigenvalue weighted by molar-refractivity contribution is 8.00. The summed E-state index contributed by atoms with van der Waals surface area (Å²) in [7, 11) is 0. The van der Waals surface area contributed by atoms with Crippen LogP contribution >= 0.6 is 11.8 Å². The molecular weight excluding hydrogens is 306 g/mol. The van der Waals surface area contributed by atoms with E-state index in [9.17, 15) is 4.79 Å². The Hall–Kier alpha value is -1.94. The Labute approximate surface area is 142 Å². The minimum atomic E-state index is 0.0617. The van der Waals surface area contributed by atoms with Gasteiger partial charge in [0.15, 0.2) is 0 Å². The Bertz CT molecular complexity index is 599. The predicted molar refractivity (Wildman–Crippen MR) is 96.2 cm³/mol. The lowest BCUT2D eigenvalue weighted by molar-refractivity contribution is -0.118. The van der Waals surface area contributed by atoms with Crippen molar-refractivity contribution in [3.63, 3.8) is 0 Å². The van der Waals surface area contributed by atoms with E-state index in [0.717, 1.165) is 10.6 Å². The molecule has 1 amide bonds. The quantitative estimate of drug-likeness (QED) is 0.741. The van der Waals surface area contributed by atoms with E-state index < -0.39 is 0 Å². The van der Waals surface area contributed by atoms with Gasteiger partial charge < -0.3 is 10.1 Å². The van der Waals surface area contributed by atoms with Crippen LogP contribution < -0.4 is 10.1 Å². The molecule has 4 heteroatoms. The van der Waals surface area contributed by atoms with Crippen LogP contribution in [0.2, 0.25) is 0 Å². The molecular formula is C19H23NO2S. The minimum Gasteiger partial charge on any atom is -0.494 e. The molecule has 0 spiro atoms. The van der Waals surface area contributed by atoms with Crippen molar-refractivity contribution < 1.29 is 9.53 Å². The maximum Gasteiger partial charge on any atom is 0.230 e. The molecule has 0 aliphatic rings. The van der Waals surface area contributed by atoms with Crippen LogP contribution in [0.1, 0.15) is 25.3 Å². The lowest BCUT2D eigenvalue weighted by atomic mass is 10.0. The highest BCUT2D eigenvalue weighted by atomic mass is 32.2. The van der Waals surface area contributed by atoms with Crippen LogP contribution in [0.15, 0.2) is 59.5 Å². The summed E-state index contributed by atoms with van der Waals surface area (Å²) in [6.07, 6.45) is 0. The maximum atomic E-state index is 12.0. The van der Waals surface area contributed by atoms with Gasteiger partial charge >= 0.3 is 0 Å². The first kappa shape index (κ1) is 17.4. The van der Waals surface area contributed by atoms with Crippen LogP contribution in [0.5, 0.6) is 5.75 Å². The number of rotatable bonds is 8. The van der Waals surface area contributed by atoms with Crippen molar-refractivity contribution >= 4 is 17.7 Å². The third-order valence-corrected chi connectivity index (χ3v) is 4.49. The number of hydrogen-bond acceptors (Lipinski definition) is 3. The van der Waals surface area contributed by atoms with Gasteiger partial charge in [0.05, 0.1) is 12.4 Å². The summed E-state index contributed by atoms with van der Waals surface area (Å²) >= 11 is 1.54. The van der Waals surface area contributed by atoms with Crippen molar-refractivity contribution in [1.82, 2.24) is 5.32 Å². The Kier molecular flexibility index (Phi) is 7.01. The van der Waals surface area contributed by atoms with Crippen molar-refractivity contribution in [2.24, 2.45) is 0 Å². The van der Waals surface area contributed by atoms with E-state index in [1.807, 2.05) is 49.4 Å². The number of amides is 1. The number of hydrogen-bond donors (Lipinski definition) is 1. The number of benzene rings is 2. The van der Waals surface area contributed by atoms with Gasteiger partial charge in [0.1, 0.15) is 5.75 Å². The average molecular weight is 329 g/mol. The molecule has 0 aliphatic heterocycles. The summed E-state index contributed by atoms with van der Waals surface area (Å²) in [6, 6.07) is 18.1. The molecule has 1 atom stereocenters. The molecule has 122 valence electrons. The van der Waals surface area contributed by atoms with Gasteiger partial charge in [-0.3, -0.25) is 4.79 Å². The highest BCUT2D eigenvalue weighted by Gasteiger charge is 2.08. The SMILES string of the molecule is CCOc1ccc(SCC(=O)NC[C@H](C)c2ccccc2)cc1. The third-order valence-electron chi connectivity index (χ3n) is 3.48. The second-order valence-electron chi connectivity index (χ2n) is 5.31. The molecule has 2 aromatic rings. The summed E-state index contributed by atoms with van der Waals surface area (Å²) in [5.41, 5.74) is 1.24. The first-order valence-electron chi connectivity index (χ1n) is 7.86. The van der Waals surface area contributed by atoms with E-state index in [0.29, 0.717) is 24.8 Å². The zero-order valence-corrected chi connectivity index (χ0v) is 14.4. The van der Waals surface area contributed by atoms with Gasteiger partial charge in [0.25, 0.3) is 0 Å². The molecule has 0 saturated heterocycles. The molecule has 0 fully saturated rings. The van der Waals surface area contributed by atoms with Gasteiger partial charge in [-0.25, -0.2) is 0 Å². The number of thioether (sulfide) groups is 1. The number of carbonyl (C=O) groups excluding carboxylic acids is 1. The zero-order valence-electron chi connectivity index (χ0n) is 13.6. The second-order valence-corrected chi connectivity index (χ2v) is 6.36. The number of carbonyl (C=O) groups is 1. The Morgan fingerprint density at radius 1 is 1.13 bits per heavy atom. The van der Waals surface area contributed by atoms with Crippen LogP contribution in [-0.2, 0) is 4.79 Å². The molecule has 0 saturated carbocycles. The Morgan fingerprint density at radius 2 is 1.83 bits per heavy atom. The van der Waals surface area contributed by atoms with E-state index in [-0.39, 0.29) is 5.91 Å². The van der Waals surface area contributed by atoms with Crippen LogP contribution in [0.25, 0.3) is 0 Å². The second kappa shape index (κ2) is 9.26. The molecule has 0 aliphatic carbocycles. The fraction of sp³-hybridized carbons (Fsp3) is 0.316. The summed E-state index contributed by atoms with van der Waals surface area (Å²) in [5, 5.41) is 3.00. The average Bonchev–Trinajstić information content (AvgIpc) is 2.60. The van der Waals surface area contributed by atoms with E-state index in [4.69, 9.17) is 4.74 Å². The third kappa shape index (κ3) is 5.99. The molecule has 0 heterocycles. The lowest BCUT2D eigenvalue weighted by Gasteiger charge is -2.13. The highest BCUT2D eigenvalue weighted by Crippen LogP contribution is 2.21. The van der Waals surface area contributed by atoms with E-state index in [1.54, 1.807) is 0 Å². The standard InChI is InChI=1S/C19H23NO2S/c1-3-22-17-9-11-18(12-10-17)23-14-19(21)20-13-15(2)16-7-5-4-6-8-16/h4-12,15H,3,13-14H2,1-2H3,(H,20,21)/t15-/m0/s1. The molecule has 2 aromatic carbocycles. The van der Waals surface area contributed by atoms with Crippen molar-refractivity contribution in [1.29, 1.82) is 0 Å². The topological polar surface area (TPSA) is 38.3 Å². The van der Waals surface area contributed by atoms with Crippen LogP contribution in [-0.4, -0.2) is 24.8 Å². The lowest BCUT2D eigenvalue weighted by Crippen LogP contribution is -2.28. The van der Waals surface area contributed by atoms with Gasteiger partial charge in [0, 0.05) is 11.4 Å². The molecule has 0 unspecified atom stereocenters. The molecule has 0 bridgehead atoms. The van der Waals surface area contributed by atoms with Crippen molar-refractivity contribution in [2.45, 2.75) is 24.7 Å². The van der Waals surface area contributed by atoms with E-state index in [2.05, 4.69) is 24.4 Å². The fourth-order valence-corrected chi connectivity index (χ4v) is 2.89. The zero-order chi connectivity index (χ0) is 16.5. The van der Waals surface area contributed by atoms with Gasteiger partial charge in [-0.15, -0.1) is 11.8 Å². The molecule has 3 nitrogen and oxygen atoms in total. The number of nitrogens with one attached hydrogen (secondary N) is 1. The summed E-state index contributed by atoms with van der Waals surface area (Å²) < 4.78 is 5.40. The summed E-state index contributed by atoms with van der Waals surface area (Å²) in [6.45, 7) is 5.40. The fourth-order valence-electron chi connectivity index (χ4n) is 2.17. The molecule has 2 rings (SSSR count). The van der Waals surface area contributed by atoms with Gasteiger partial charge in [-0.1, -0.05) is 37.3 Å². The largest absolute Gasteiger partial charge is 0.494 e. The molecule has 0 radical (unpaired) electrons. The molecule has 1 N–H and O–H groups in total. The van der Waals surface area contributed by atoms with Crippen LogP contribution in [0, 0.1) is 0 Å². The Morgan fingerprint density at radius 3 is 2.48 bits per heavy atom. The summed E-state index contributed by atoms with van der Waals surface area (Å²) in [4.78, 5) is 13.0. The van der Waals surface area contributed by atoms with E-state index >= 15 is 0 Å². The van der Waals surface area contributed by atoms with Crippen molar-refractivity contribution in [3.8, 4) is 5.75 Å². The summed E-state index contributed by atoms with van der Waals surface area (Å²) in [5.74, 6) is 1.66. The van der Waals surface area contributed by atoms with Gasteiger partial charge in [-0.05, 0) is 42.7 Å². The van der Waals surface area contributed by atoms with Gasteiger partial charge in [0.2, 0.25) is 5.91 Å². The van der Waals surface area contributed by atoms with Gasteiger partial charge in [-0.2, -0.15) is 0 Å². The Balaban J connectivity index is 1.72. The number of ether oxygens (including phenoxy) is 1. The van der Waals surface area contributed by atoms with Crippen LogP contribution in [0.4, 0.5) is 0 Å².